The second kappa shape index (κ2) is 11.4. The van der Waals surface area contributed by atoms with Crippen LogP contribution in [0.25, 0.3) is 0 Å². The summed E-state index contributed by atoms with van der Waals surface area (Å²) >= 11 is 0. The van der Waals surface area contributed by atoms with Gasteiger partial charge in [0.05, 0.1) is 25.9 Å². The number of unbranched alkanes of at least 4 members (excludes halogenated alkanes) is 3. The van der Waals surface area contributed by atoms with Gasteiger partial charge in [-0.2, -0.15) is 0 Å². The van der Waals surface area contributed by atoms with Crippen LogP contribution in [-0.2, 0) is 6.42 Å². The number of aliphatic hydroxyl groups excluding tert-OH is 1. The summed E-state index contributed by atoms with van der Waals surface area (Å²) in [5, 5.41) is 10.2. The molecule has 2 rings (SSSR count). The lowest BCUT2D eigenvalue weighted by atomic mass is 9.99. The van der Waals surface area contributed by atoms with Gasteiger partial charge in [-0.25, -0.2) is 0 Å². The summed E-state index contributed by atoms with van der Waals surface area (Å²) in [7, 11) is 3.09. The van der Waals surface area contributed by atoms with Gasteiger partial charge in [-0.15, -0.1) is 0 Å². The largest absolute Gasteiger partial charge is 0.497 e. The average molecular weight is 370 g/mol. The second-order valence-electron chi connectivity index (χ2n) is 6.79. The minimum atomic E-state index is -0.613. The highest BCUT2D eigenvalue weighted by Gasteiger charge is 2.17. The van der Waals surface area contributed by atoms with Gasteiger partial charge < -0.3 is 14.6 Å². The highest BCUT2D eigenvalue weighted by Crippen LogP contribution is 2.26. The molecule has 4 nitrogen and oxygen atoms in total. The second-order valence-corrected chi connectivity index (χ2v) is 6.79. The summed E-state index contributed by atoms with van der Waals surface area (Å²) in [6, 6.07) is 15.6. The van der Waals surface area contributed by atoms with Gasteiger partial charge in [0.25, 0.3) is 0 Å². The lowest BCUT2D eigenvalue weighted by Gasteiger charge is -2.12. The van der Waals surface area contributed by atoms with Gasteiger partial charge >= 0.3 is 0 Å². The van der Waals surface area contributed by atoms with Crippen LogP contribution in [0.2, 0.25) is 0 Å². The third-order valence-electron chi connectivity index (χ3n) is 4.73. The van der Waals surface area contributed by atoms with E-state index in [4.69, 9.17) is 9.47 Å². The number of rotatable bonds is 12. The molecule has 27 heavy (non-hydrogen) atoms. The summed E-state index contributed by atoms with van der Waals surface area (Å²) in [5.74, 6) is 1.01. The highest BCUT2D eigenvalue weighted by molar-refractivity contribution is 5.99. The Morgan fingerprint density at radius 3 is 2.41 bits per heavy atom. The molecule has 0 aliphatic carbocycles. The Kier molecular flexibility index (Phi) is 8.85. The molecule has 4 heteroatoms. The maximum Gasteiger partial charge on any atom is 0.169 e. The Labute approximate surface area is 162 Å². The van der Waals surface area contributed by atoms with E-state index in [0.717, 1.165) is 32.1 Å². The van der Waals surface area contributed by atoms with Crippen molar-refractivity contribution in [1.82, 2.24) is 0 Å². The van der Waals surface area contributed by atoms with E-state index in [1.54, 1.807) is 25.3 Å². The van der Waals surface area contributed by atoms with Crippen LogP contribution in [-0.4, -0.2) is 31.2 Å². The predicted molar refractivity (Wildman–Crippen MR) is 108 cm³/mol. The molecule has 1 unspecified atom stereocenters. The van der Waals surface area contributed by atoms with E-state index >= 15 is 0 Å². The van der Waals surface area contributed by atoms with E-state index in [2.05, 4.69) is 24.3 Å². The molecule has 1 N–H and O–H groups in total. The van der Waals surface area contributed by atoms with E-state index in [1.807, 2.05) is 6.07 Å². The van der Waals surface area contributed by atoms with Crippen molar-refractivity contribution in [3.63, 3.8) is 0 Å². The van der Waals surface area contributed by atoms with Crippen LogP contribution in [0, 0.1) is 0 Å². The number of aliphatic hydroxyl groups is 1. The van der Waals surface area contributed by atoms with Gasteiger partial charge in [0.1, 0.15) is 11.5 Å². The number of hydrogen-bond acceptors (Lipinski definition) is 4. The SMILES string of the molecule is COc1ccc(C(=O)CC(O)CCCCCCc2ccccc2)c(OC)c1. The van der Waals surface area contributed by atoms with E-state index in [9.17, 15) is 9.90 Å². The number of methoxy groups -OCH3 is 2. The highest BCUT2D eigenvalue weighted by atomic mass is 16.5. The number of hydrogen-bond donors (Lipinski definition) is 1. The first-order valence-electron chi connectivity index (χ1n) is 9.61. The summed E-state index contributed by atoms with van der Waals surface area (Å²) in [6.45, 7) is 0. The number of aryl methyl sites for hydroxylation is 1. The summed E-state index contributed by atoms with van der Waals surface area (Å²) < 4.78 is 10.4. The average Bonchev–Trinajstić information content (AvgIpc) is 2.70. The fourth-order valence-corrected chi connectivity index (χ4v) is 3.16. The monoisotopic (exact) mass is 370 g/mol. The molecule has 0 aromatic heterocycles. The molecule has 0 saturated heterocycles. The van der Waals surface area contributed by atoms with Crippen LogP contribution < -0.4 is 9.47 Å². The van der Waals surface area contributed by atoms with Crippen molar-refractivity contribution in [3.8, 4) is 11.5 Å². The van der Waals surface area contributed by atoms with E-state index in [0.29, 0.717) is 23.5 Å². The quantitative estimate of drug-likeness (QED) is 0.429. The number of carbonyl (C=O) groups is 1. The number of ether oxygens (including phenoxy) is 2. The molecule has 0 fully saturated rings. The third-order valence-corrected chi connectivity index (χ3v) is 4.73. The fourth-order valence-electron chi connectivity index (χ4n) is 3.16. The minimum Gasteiger partial charge on any atom is -0.497 e. The van der Waals surface area contributed by atoms with Gasteiger partial charge in [0.15, 0.2) is 5.78 Å². The number of Topliss-reactive ketones (excluding diaryl/α,β-unsaturated/α-hetero) is 1. The molecule has 146 valence electrons. The van der Waals surface area contributed by atoms with Crippen LogP contribution in [0.5, 0.6) is 11.5 Å². The Balaban J connectivity index is 1.68. The molecule has 0 bridgehead atoms. The lowest BCUT2D eigenvalue weighted by Crippen LogP contribution is -2.14. The molecule has 0 heterocycles. The maximum absolute atomic E-state index is 12.4. The number of ketones is 1. The van der Waals surface area contributed by atoms with E-state index < -0.39 is 6.10 Å². The van der Waals surface area contributed by atoms with Gasteiger partial charge in [-0.05, 0) is 37.0 Å². The molecule has 0 aliphatic rings. The number of benzene rings is 2. The lowest BCUT2D eigenvalue weighted by molar-refractivity contribution is 0.0861. The zero-order valence-electron chi connectivity index (χ0n) is 16.3. The van der Waals surface area contributed by atoms with Crippen LogP contribution in [0.4, 0.5) is 0 Å². The number of carbonyl (C=O) groups excluding carboxylic acids is 1. The van der Waals surface area contributed by atoms with Crippen LogP contribution in [0.1, 0.15) is 54.4 Å². The first-order valence-corrected chi connectivity index (χ1v) is 9.61. The van der Waals surface area contributed by atoms with Crippen molar-refractivity contribution >= 4 is 5.78 Å². The Bertz CT molecular complexity index is 697. The molecule has 2 aromatic rings. The summed E-state index contributed by atoms with van der Waals surface area (Å²) in [5.41, 5.74) is 1.86. The van der Waals surface area contributed by atoms with Gasteiger partial charge in [-0.3, -0.25) is 4.79 Å². The molecule has 0 saturated carbocycles. The van der Waals surface area contributed by atoms with Crippen molar-refractivity contribution in [2.24, 2.45) is 0 Å². The first-order chi connectivity index (χ1) is 13.1. The minimum absolute atomic E-state index is 0.105. The Morgan fingerprint density at radius 1 is 0.963 bits per heavy atom. The zero-order valence-corrected chi connectivity index (χ0v) is 16.3. The summed E-state index contributed by atoms with van der Waals surface area (Å²) in [6.07, 6.45) is 5.55. The van der Waals surface area contributed by atoms with Crippen LogP contribution in [0.15, 0.2) is 48.5 Å². The van der Waals surface area contributed by atoms with Crippen molar-refractivity contribution in [2.75, 3.05) is 14.2 Å². The molecule has 0 aliphatic heterocycles. The molecule has 0 amide bonds. The maximum atomic E-state index is 12.4. The van der Waals surface area contributed by atoms with Crippen molar-refractivity contribution in [1.29, 1.82) is 0 Å². The molecular formula is C23H30O4. The van der Waals surface area contributed by atoms with Crippen molar-refractivity contribution in [3.05, 3.63) is 59.7 Å². The van der Waals surface area contributed by atoms with Crippen molar-refractivity contribution < 1.29 is 19.4 Å². The third kappa shape index (κ3) is 7.06. The van der Waals surface area contributed by atoms with E-state index in [1.165, 1.54) is 12.7 Å². The van der Waals surface area contributed by atoms with Crippen molar-refractivity contribution in [2.45, 2.75) is 51.0 Å². The fraction of sp³-hybridized carbons (Fsp3) is 0.435. The van der Waals surface area contributed by atoms with Crippen LogP contribution >= 0.6 is 0 Å². The summed E-state index contributed by atoms with van der Waals surface area (Å²) in [4.78, 5) is 12.4. The topological polar surface area (TPSA) is 55.8 Å². The van der Waals surface area contributed by atoms with Crippen LogP contribution in [0.3, 0.4) is 0 Å². The van der Waals surface area contributed by atoms with Gasteiger partial charge in [0, 0.05) is 12.5 Å². The smallest absolute Gasteiger partial charge is 0.169 e. The molecule has 2 aromatic carbocycles. The molecule has 1 atom stereocenters. The molecule has 0 spiro atoms. The molecule has 0 radical (unpaired) electrons. The predicted octanol–water partition coefficient (Wildman–Crippen LogP) is 4.83. The standard InChI is InChI=1S/C23H30O4/c1-26-20-14-15-21(23(17-20)27-2)22(25)16-19(24)13-9-4-3-6-10-18-11-7-5-8-12-18/h5,7-8,11-12,14-15,17,19,24H,3-4,6,9-10,13,16H2,1-2H3. The zero-order chi connectivity index (χ0) is 19.5. The van der Waals surface area contributed by atoms with Gasteiger partial charge in [0.2, 0.25) is 0 Å². The first kappa shape index (κ1) is 21.0. The normalized spacial score (nSPS) is 11.8. The van der Waals surface area contributed by atoms with Gasteiger partial charge in [-0.1, -0.05) is 49.6 Å². The van der Waals surface area contributed by atoms with E-state index in [-0.39, 0.29) is 12.2 Å². The molecular weight excluding hydrogens is 340 g/mol. The Morgan fingerprint density at radius 2 is 1.70 bits per heavy atom. The Hall–Kier alpha value is -2.33.